The number of hydrogen-bond donors (Lipinski definition) is 3. The molecular weight excluding hydrogens is 372 g/mol. The van der Waals surface area contributed by atoms with Crippen LogP contribution in [0.5, 0.6) is 11.5 Å². The average Bonchev–Trinajstić information content (AvgIpc) is 2.76. The third kappa shape index (κ3) is 7.72. The Morgan fingerprint density at radius 3 is 2.38 bits per heavy atom. The van der Waals surface area contributed by atoms with Crippen LogP contribution in [0, 0.1) is 0 Å². The lowest BCUT2D eigenvalue weighted by molar-refractivity contribution is 0.128. The van der Waals surface area contributed by atoms with Crippen LogP contribution in [0.2, 0.25) is 0 Å². The van der Waals surface area contributed by atoms with E-state index >= 15 is 0 Å². The fraction of sp³-hybridized carbons (Fsp3) is 0.667. The summed E-state index contributed by atoms with van der Waals surface area (Å²) in [6.07, 6.45) is 1.37. The first-order valence-electron chi connectivity index (χ1n) is 10.3. The number of benzene rings is 1. The molecule has 0 bridgehead atoms. The van der Waals surface area contributed by atoms with Gasteiger partial charge in [-0.3, -0.25) is 4.99 Å². The second kappa shape index (κ2) is 12.5. The molecule has 1 atom stereocenters. The lowest BCUT2D eigenvalue weighted by Crippen LogP contribution is -2.49. The molecule has 164 valence electrons. The van der Waals surface area contributed by atoms with Gasteiger partial charge >= 0.3 is 0 Å². The zero-order valence-electron chi connectivity index (χ0n) is 18.1. The maximum absolute atomic E-state index is 10.6. The highest BCUT2D eigenvalue weighted by Crippen LogP contribution is 2.26. The van der Waals surface area contributed by atoms with Gasteiger partial charge in [0.2, 0.25) is 0 Å². The second-order valence-corrected chi connectivity index (χ2v) is 7.13. The normalized spacial score (nSPS) is 17.1. The Balaban J connectivity index is 1.93. The summed E-state index contributed by atoms with van der Waals surface area (Å²) in [5.41, 5.74) is 0.715. The second-order valence-electron chi connectivity index (χ2n) is 7.13. The number of ether oxygens (including phenoxy) is 3. The van der Waals surface area contributed by atoms with Crippen molar-refractivity contribution < 1.29 is 19.3 Å². The number of piperidine rings is 1. The minimum atomic E-state index is -0.745. The number of aliphatic hydroxyl groups excluding tert-OH is 1. The molecule has 3 N–H and O–H groups in total. The Hall–Kier alpha value is -2.03. The van der Waals surface area contributed by atoms with Crippen molar-refractivity contribution in [1.82, 2.24) is 15.5 Å². The van der Waals surface area contributed by atoms with E-state index in [9.17, 15) is 5.11 Å². The molecule has 8 heteroatoms. The molecule has 1 unspecified atom stereocenters. The zero-order chi connectivity index (χ0) is 21.1. The molecule has 2 rings (SSSR count). The number of aliphatic imine (C=N–C) groups is 1. The first-order chi connectivity index (χ1) is 14.1. The number of likely N-dealkylation sites (tertiary alicyclic amines) is 1. The van der Waals surface area contributed by atoms with E-state index in [0.29, 0.717) is 23.1 Å². The number of rotatable bonds is 10. The fourth-order valence-electron chi connectivity index (χ4n) is 3.34. The Morgan fingerprint density at radius 1 is 1.17 bits per heavy atom. The van der Waals surface area contributed by atoms with Crippen LogP contribution in [-0.2, 0) is 4.74 Å². The quantitative estimate of drug-likeness (QED) is 0.398. The van der Waals surface area contributed by atoms with Gasteiger partial charge in [0, 0.05) is 45.4 Å². The van der Waals surface area contributed by atoms with E-state index in [1.807, 2.05) is 6.92 Å². The van der Waals surface area contributed by atoms with Crippen molar-refractivity contribution >= 4 is 5.96 Å². The Bertz CT molecular complexity index is 611. The minimum absolute atomic E-state index is 0.248. The first-order valence-corrected chi connectivity index (χ1v) is 10.3. The minimum Gasteiger partial charge on any atom is -0.497 e. The van der Waals surface area contributed by atoms with Crippen molar-refractivity contribution in [2.75, 3.05) is 60.7 Å². The standard InChI is InChI=1S/C21H36N4O4/c1-5-22-21(24-17-6-8-25(9-7-17)10-11-27-2)23-15-20(26)16-12-18(28-3)14-19(13-16)29-4/h12-14,17,20,26H,5-11,15H2,1-4H3,(H2,22,23,24). The number of hydrogen-bond acceptors (Lipinski definition) is 6. The molecule has 1 aliphatic heterocycles. The molecule has 1 aromatic rings. The fourth-order valence-corrected chi connectivity index (χ4v) is 3.34. The molecule has 1 saturated heterocycles. The summed E-state index contributed by atoms with van der Waals surface area (Å²) in [4.78, 5) is 7.01. The lowest BCUT2D eigenvalue weighted by Gasteiger charge is -2.32. The van der Waals surface area contributed by atoms with Crippen molar-refractivity contribution in [1.29, 1.82) is 0 Å². The summed E-state index contributed by atoms with van der Waals surface area (Å²) in [6, 6.07) is 5.77. The molecule has 0 amide bonds. The summed E-state index contributed by atoms with van der Waals surface area (Å²) in [5, 5.41) is 17.4. The van der Waals surface area contributed by atoms with E-state index < -0.39 is 6.10 Å². The first kappa shape index (κ1) is 23.3. The molecule has 8 nitrogen and oxygen atoms in total. The van der Waals surface area contributed by atoms with Crippen molar-refractivity contribution in [3.63, 3.8) is 0 Å². The average molecular weight is 409 g/mol. The van der Waals surface area contributed by atoms with Crippen molar-refractivity contribution in [3.05, 3.63) is 23.8 Å². The SMILES string of the molecule is CCNC(=NCC(O)c1cc(OC)cc(OC)c1)NC1CCN(CCOC)CC1. The monoisotopic (exact) mass is 408 g/mol. The summed E-state index contributed by atoms with van der Waals surface area (Å²) >= 11 is 0. The van der Waals surface area contributed by atoms with Crippen LogP contribution in [0.4, 0.5) is 0 Å². The molecule has 1 heterocycles. The number of guanidine groups is 1. The Morgan fingerprint density at radius 2 is 1.83 bits per heavy atom. The van der Waals surface area contributed by atoms with Gasteiger partial charge < -0.3 is 34.9 Å². The molecule has 0 spiro atoms. The largest absolute Gasteiger partial charge is 0.497 e. The molecule has 0 radical (unpaired) electrons. The van der Waals surface area contributed by atoms with Crippen LogP contribution in [-0.4, -0.2) is 82.7 Å². The summed E-state index contributed by atoms with van der Waals surface area (Å²) < 4.78 is 15.7. The van der Waals surface area contributed by atoms with Gasteiger partial charge in [-0.2, -0.15) is 0 Å². The highest BCUT2D eigenvalue weighted by atomic mass is 16.5. The third-order valence-corrected chi connectivity index (χ3v) is 5.07. The van der Waals surface area contributed by atoms with Crippen LogP contribution < -0.4 is 20.1 Å². The van der Waals surface area contributed by atoms with Gasteiger partial charge in [-0.1, -0.05) is 0 Å². The van der Waals surface area contributed by atoms with E-state index in [2.05, 4.69) is 20.5 Å². The third-order valence-electron chi connectivity index (χ3n) is 5.07. The number of methoxy groups -OCH3 is 3. The summed E-state index contributed by atoms with van der Waals surface area (Å²) in [5.74, 6) is 2.03. The number of aliphatic hydroxyl groups is 1. The summed E-state index contributed by atoms with van der Waals surface area (Å²) in [7, 11) is 4.93. The Labute approximate surface area is 174 Å². The van der Waals surface area contributed by atoms with Crippen molar-refractivity contribution in [2.45, 2.75) is 31.9 Å². The Kier molecular flexibility index (Phi) is 10.0. The smallest absolute Gasteiger partial charge is 0.191 e. The highest BCUT2D eigenvalue weighted by molar-refractivity contribution is 5.80. The van der Waals surface area contributed by atoms with Crippen LogP contribution in [0.3, 0.4) is 0 Å². The zero-order valence-corrected chi connectivity index (χ0v) is 18.1. The molecule has 0 saturated carbocycles. The van der Waals surface area contributed by atoms with Crippen molar-refractivity contribution in [2.24, 2.45) is 4.99 Å². The summed E-state index contributed by atoms with van der Waals surface area (Å²) in [6.45, 7) is 6.90. The van der Waals surface area contributed by atoms with Gasteiger partial charge in [0.1, 0.15) is 11.5 Å². The van der Waals surface area contributed by atoms with Crippen LogP contribution >= 0.6 is 0 Å². The van der Waals surface area contributed by atoms with Gasteiger partial charge in [-0.25, -0.2) is 0 Å². The maximum Gasteiger partial charge on any atom is 0.191 e. The predicted octanol–water partition coefficient (Wildman–Crippen LogP) is 1.40. The molecule has 29 heavy (non-hydrogen) atoms. The molecule has 1 aliphatic rings. The number of nitrogens with one attached hydrogen (secondary N) is 2. The van der Waals surface area contributed by atoms with Gasteiger partial charge in [0.15, 0.2) is 5.96 Å². The van der Waals surface area contributed by atoms with Crippen LogP contribution in [0.15, 0.2) is 23.2 Å². The van der Waals surface area contributed by atoms with Gasteiger partial charge in [0.25, 0.3) is 0 Å². The molecule has 0 aliphatic carbocycles. The van der Waals surface area contributed by atoms with Gasteiger partial charge in [0.05, 0.1) is 33.5 Å². The van der Waals surface area contributed by atoms with Crippen LogP contribution in [0.25, 0.3) is 0 Å². The van der Waals surface area contributed by atoms with E-state index in [1.165, 1.54) is 0 Å². The molecule has 1 aromatic carbocycles. The van der Waals surface area contributed by atoms with E-state index in [-0.39, 0.29) is 6.54 Å². The highest BCUT2D eigenvalue weighted by Gasteiger charge is 2.20. The molecule has 0 aromatic heterocycles. The topological polar surface area (TPSA) is 87.6 Å². The van der Waals surface area contributed by atoms with E-state index in [0.717, 1.165) is 51.6 Å². The van der Waals surface area contributed by atoms with Gasteiger partial charge in [-0.15, -0.1) is 0 Å². The van der Waals surface area contributed by atoms with Gasteiger partial charge in [-0.05, 0) is 37.5 Å². The van der Waals surface area contributed by atoms with Crippen LogP contribution in [0.1, 0.15) is 31.4 Å². The lowest BCUT2D eigenvalue weighted by atomic mass is 10.1. The maximum atomic E-state index is 10.6. The van der Waals surface area contributed by atoms with E-state index in [1.54, 1.807) is 39.5 Å². The number of nitrogens with zero attached hydrogens (tertiary/aromatic N) is 2. The predicted molar refractivity (Wildman–Crippen MR) is 115 cm³/mol. The van der Waals surface area contributed by atoms with Crippen molar-refractivity contribution in [3.8, 4) is 11.5 Å². The molecule has 1 fully saturated rings. The molecular formula is C21H36N4O4. The van der Waals surface area contributed by atoms with E-state index in [4.69, 9.17) is 14.2 Å².